The standard InChI is InChI=1S/C10H23NO3S/c1-9(6-5-7-12)11-15(13,14)8-10(2,3)4/h9,11-12H,5-8H2,1-4H3. The molecule has 0 bridgehead atoms. The van der Waals surface area contributed by atoms with Crippen molar-refractivity contribution >= 4 is 10.0 Å². The van der Waals surface area contributed by atoms with E-state index in [4.69, 9.17) is 5.11 Å². The van der Waals surface area contributed by atoms with Gasteiger partial charge in [0.2, 0.25) is 10.0 Å². The molecule has 0 aliphatic heterocycles. The van der Waals surface area contributed by atoms with Crippen molar-refractivity contribution in [2.24, 2.45) is 5.41 Å². The van der Waals surface area contributed by atoms with E-state index in [1.165, 1.54) is 0 Å². The Morgan fingerprint density at radius 2 is 1.87 bits per heavy atom. The topological polar surface area (TPSA) is 66.4 Å². The Kier molecular flexibility index (Phi) is 5.77. The van der Waals surface area contributed by atoms with Crippen LogP contribution in [0.1, 0.15) is 40.5 Å². The highest BCUT2D eigenvalue weighted by molar-refractivity contribution is 7.89. The SMILES string of the molecule is CC(CCCO)NS(=O)(=O)CC(C)(C)C. The number of rotatable bonds is 6. The third-order valence-corrected chi connectivity index (χ3v) is 3.81. The number of aliphatic hydroxyl groups excluding tert-OH is 1. The smallest absolute Gasteiger partial charge is 0.212 e. The monoisotopic (exact) mass is 237 g/mol. The highest BCUT2D eigenvalue weighted by Gasteiger charge is 2.22. The second-order valence-corrected chi connectivity index (χ2v) is 6.96. The molecule has 1 unspecified atom stereocenters. The fourth-order valence-corrected chi connectivity index (χ4v) is 3.33. The van der Waals surface area contributed by atoms with E-state index in [-0.39, 0.29) is 23.8 Å². The average Bonchev–Trinajstić information content (AvgIpc) is 1.94. The summed E-state index contributed by atoms with van der Waals surface area (Å²) >= 11 is 0. The minimum atomic E-state index is -3.20. The molecular weight excluding hydrogens is 214 g/mol. The van der Waals surface area contributed by atoms with Crippen molar-refractivity contribution in [3.05, 3.63) is 0 Å². The molecule has 15 heavy (non-hydrogen) atoms. The van der Waals surface area contributed by atoms with E-state index in [0.29, 0.717) is 12.8 Å². The molecule has 92 valence electrons. The summed E-state index contributed by atoms with van der Waals surface area (Å²) in [7, 11) is -3.20. The van der Waals surface area contributed by atoms with Crippen molar-refractivity contribution in [1.82, 2.24) is 4.72 Å². The molecule has 0 rings (SSSR count). The second kappa shape index (κ2) is 5.82. The highest BCUT2D eigenvalue weighted by Crippen LogP contribution is 2.15. The van der Waals surface area contributed by atoms with E-state index < -0.39 is 10.0 Å². The number of hydrogen-bond acceptors (Lipinski definition) is 3. The van der Waals surface area contributed by atoms with Gasteiger partial charge in [-0.25, -0.2) is 13.1 Å². The third-order valence-electron chi connectivity index (χ3n) is 1.80. The van der Waals surface area contributed by atoms with Crippen LogP contribution < -0.4 is 4.72 Å². The van der Waals surface area contributed by atoms with Gasteiger partial charge >= 0.3 is 0 Å². The van der Waals surface area contributed by atoms with E-state index in [1.54, 1.807) is 0 Å². The fraction of sp³-hybridized carbons (Fsp3) is 1.00. The van der Waals surface area contributed by atoms with E-state index in [1.807, 2.05) is 27.7 Å². The zero-order valence-corrected chi connectivity index (χ0v) is 10.9. The first-order valence-corrected chi connectivity index (χ1v) is 6.92. The maximum atomic E-state index is 11.6. The molecule has 1 atom stereocenters. The number of hydrogen-bond donors (Lipinski definition) is 2. The predicted octanol–water partition coefficient (Wildman–Crippen LogP) is 1.11. The largest absolute Gasteiger partial charge is 0.396 e. The van der Waals surface area contributed by atoms with Gasteiger partial charge in [0.25, 0.3) is 0 Å². The summed E-state index contributed by atoms with van der Waals surface area (Å²) < 4.78 is 25.9. The molecule has 2 N–H and O–H groups in total. The molecule has 4 nitrogen and oxygen atoms in total. The Morgan fingerprint density at radius 3 is 2.27 bits per heavy atom. The van der Waals surface area contributed by atoms with Gasteiger partial charge in [-0.1, -0.05) is 20.8 Å². The molecule has 0 fully saturated rings. The Hall–Kier alpha value is -0.130. The van der Waals surface area contributed by atoms with E-state index >= 15 is 0 Å². The summed E-state index contributed by atoms with van der Waals surface area (Å²) in [5, 5.41) is 8.62. The van der Waals surface area contributed by atoms with E-state index in [9.17, 15) is 8.42 Å². The molecular formula is C10H23NO3S. The lowest BCUT2D eigenvalue weighted by Crippen LogP contribution is -2.37. The van der Waals surface area contributed by atoms with Gasteiger partial charge in [-0.05, 0) is 25.2 Å². The lowest BCUT2D eigenvalue weighted by molar-refractivity contribution is 0.279. The highest BCUT2D eigenvalue weighted by atomic mass is 32.2. The van der Waals surface area contributed by atoms with Gasteiger partial charge in [-0.2, -0.15) is 0 Å². The van der Waals surface area contributed by atoms with Crippen LogP contribution in [0.3, 0.4) is 0 Å². The molecule has 0 aliphatic carbocycles. The fourth-order valence-electron chi connectivity index (χ4n) is 1.37. The van der Waals surface area contributed by atoms with Gasteiger partial charge < -0.3 is 5.11 Å². The van der Waals surface area contributed by atoms with Gasteiger partial charge in [0.05, 0.1) is 5.75 Å². The van der Waals surface area contributed by atoms with Gasteiger partial charge in [-0.3, -0.25) is 0 Å². The molecule has 5 heteroatoms. The average molecular weight is 237 g/mol. The summed E-state index contributed by atoms with van der Waals surface area (Å²) in [6.45, 7) is 7.60. The predicted molar refractivity (Wildman–Crippen MR) is 62.2 cm³/mol. The lowest BCUT2D eigenvalue weighted by Gasteiger charge is -2.20. The van der Waals surface area contributed by atoms with Gasteiger partial charge in [0.15, 0.2) is 0 Å². The van der Waals surface area contributed by atoms with Crippen molar-refractivity contribution in [2.75, 3.05) is 12.4 Å². The van der Waals surface area contributed by atoms with Crippen LogP contribution in [0.25, 0.3) is 0 Å². The quantitative estimate of drug-likeness (QED) is 0.727. The molecule has 0 spiro atoms. The first kappa shape index (κ1) is 14.9. The molecule has 0 heterocycles. The first-order chi connectivity index (χ1) is 6.66. The molecule has 0 saturated carbocycles. The third kappa shape index (κ3) is 8.84. The van der Waals surface area contributed by atoms with Crippen molar-refractivity contribution < 1.29 is 13.5 Å². The second-order valence-electron chi connectivity index (χ2n) is 5.20. The molecule has 0 radical (unpaired) electrons. The Labute approximate surface area is 93.1 Å². The summed E-state index contributed by atoms with van der Waals surface area (Å²) in [6.07, 6.45) is 1.29. The van der Waals surface area contributed by atoms with E-state index in [2.05, 4.69) is 4.72 Å². The van der Waals surface area contributed by atoms with Crippen LogP contribution in [0.2, 0.25) is 0 Å². The summed E-state index contributed by atoms with van der Waals surface area (Å²) in [5.41, 5.74) is -0.234. The number of nitrogens with one attached hydrogen (secondary N) is 1. The first-order valence-electron chi connectivity index (χ1n) is 5.27. The molecule has 0 saturated heterocycles. The van der Waals surface area contributed by atoms with Gasteiger partial charge in [0, 0.05) is 12.6 Å². The van der Waals surface area contributed by atoms with Crippen LogP contribution in [-0.2, 0) is 10.0 Å². The molecule has 0 aromatic rings. The van der Waals surface area contributed by atoms with Crippen molar-refractivity contribution in [3.8, 4) is 0 Å². The van der Waals surface area contributed by atoms with Crippen molar-refractivity contribution in [1.29, 1.82) is 0 Å². The Morgan fingerprint density at radius 1 is 1.33 bits per heavy atom. The molecule has 0 aliphatic rings. The Balaban J connectivity index is 4.15. The van der Waals surface area contributed by atoms with Crippen LogP contribution >= 0.6 is 0 Å². The number of aliphatic hydroxyl groups is 1. The minimum absolute atomic E-state index is 0.103. The van der Waals surface area contributed by atoms with E-state index in [0.717, 1.165) is 0 Å². The van der Waals surface area contributed by atoms with Crippen LogP contribution in [0, 0.1) is 5.41 Å². The van der Waals surface area contributed by atoms with Crippen LogP contribution in [-0.4, -0.2) is 31.9 Å². The van der Waals surface area contributed by atoms with Crippen molar-refractivity contribution in [3.63, 3.8) is 0 Å². The molecule has 0 amide bonds. The zero-order valence-electron chi connectivity index (χ0n) is 10.1. The summed E-state index contributed by atoms with van der Waals surface area (Å²) in [5.74, 6) is 0.128. The zero-order chi connectivity index (χ0) is 12.1. The van der Waals surface area contributed by atoms with Crippen LogP contribution in [0.4, 0.5) is 0 Å². The minimum Gasteiger partial charge on any atom is -0.396 e. The van der Waals surface area contributed by atoms with Crippen LogP contribution in [0.15, 0.2) is 0 Å². The normalized spacial score (nSPS) is 15.3. The van der Waals surface area contributed by atoms with Gasteiger partial charge in [0.1, 0.15) is 0 Å². The maximum Gasteiger partial charge on any atom is 0.212 e. The molecule has 0 aromatic carbocycles. The Bertz CT molecular complexity index is 267. The van der Waals surface area contributed by atoms with Crippen LogP contribution in [0.5, 0.6) is 0 Å². The summed E-state index contributed by atoms with van der Waals surface area (Å²) in [4.78, 5) is 0. The summed E-state index contributed by atoms with van der Waals surface area (Å²) in [6, 6.07) is -0.107. The molecule has 0 aromatic heterocycles. The van der Waals surface area contributed by atoms with Crippen molar-refractivity contribution in [2.45, 2.75) is 46.6 Å². The maximum absolute atomic E-state index is 11.6. The number of sulfonamides is 1. The lowest BCUT2D eigenvalue weighted by atomic mass is 10.0. The van der Waals surface area contributed by atoms with Gasteiger partial charge in [-0.15, -0.1) is 0 Å².